The van der Waals surface area contributed by atoms with Gasteiger partial charge in [-0.05, 0) is 58.7 Å². The number of pyridine rings is 2. The molecule has 0 N–H and O–H groups in total. The maximum absolute atomic E-state index is 13.1. The lowest BCUT2D eigenvalue weighted by molar-refractivity contribution is 0.325. The van der Waals surface area contributed by atoms with Gasteiger partial charge in [-0.15, -0.1) is 0 Å². The van der Waals surface area contributed by atoms with E-state index >= 15 is 0 Å². The number of rotatable bonds is 3. The molecule has 136 valence electrons. The number of hydrogen-bond donors (Lipinski definition) is 0. The molecule has 0 bridgehead atoms. The molecule has 0 spiro atoms. The van der Waals surface area contributed by atoms with Crippen LogP contribution in [0.4, 0.5) is 0 Å². The lowest BCUT2D eigenvalue weighted by Gasteiger charge is -2.17. The molecule has 2 atom stereocenters. The van der Waals surface area contributed by atoms with Crippen LogP contribution in [0, 0.1) is 0 Å². The standard InChI is InChI=1S/C21H19N3O2S/c25-27(26)20-2-1-17(16-5-9-23-10-6-16)11-18(20)19-13-24(14-21(19)27)12-15-3-7-22-8-4-15/h1-11,19,21H,12-14H2/t19-,21-/m1/s1. The number of benzene rings is 1. The van der Waals surface area contributed by atoms with Crippen molar-refractivity contribution in [3.8, 4) is 11.1 Å². The Labute approximate surface area is 158 Å². The number of likely N-dealkylation sites (tertiary alicyclic amines) is 1. The van der Waals surface area contributed by atoms with E-state index in [9.17, 15) is 8.42 Å². The minimum absolute atomic E-state index is 0.0358. The van der Waals surface area contributed by atoms with Crippen molar-refractivity contribution in [3.05, 3.63) is 78.4 Å². The summed E-state index contributed by atoms with van der Waals surface area (Å²) in [5.41, 5.74) is 4.22. The minimum atomic E-state index is -3.27. The van der Waals surface area contributed by atoms with E-state index in [0.717, 1.165) is 35.3 Å². The SMILES string of the molecule is O=S1(=O)c2ccc(-c3ccncc3)cc2[C@H]2CN(Cc3ccncc3)C[C@H]21. The second-order valence-corrected chi connectivity index (χ2v) is 9.36. The Morgan fingerprint density at radius 1 is 0.889 bits per heavy atom. The maximum Gasteiger partial charge on any atom is 0.183 e. The van der Waals surface area contributed by atoms with Gasteiger partial charge in [0, 0.05) is 50.3 Å². The summed E-state index contributed by atoms with van der Waals surface area (Å²) in [5.74, 6) is 0.0358. The second kappa shape index (κ2) is 6.25. The van der Waals surface area contributed by atoms with Crippen LogP contribution in [0.25, 0.3) is 11.1 Å². The molecule has 0 amide bonds. The minimum Gasteiger partial charge on any atom is -0.297 e. The molecule has 0 unspecified atom stereocenters. The van der Waals surface area contributed by atoms with E-state index in [1.54, 1.807) is 30.9 Å². The third-order valence-corrected chi connectivity index (χ3v) is 7.88. The molecule has 2 aliphatic rings. The van der Waals surface area contributed by atoms with Crippen molar-refractivity contribution < 1.29 is 8.42 Å². The van der Waals surface area contributed by atoms with Crippen LogP contribution >= 0.6 is 0 Å². The molecular weight excluding hydrogens is 358 g/mol. The van der Waals surface area contributed by atoms with Crippen molar-refractivity contribution in [2.75, 3.05) is 13.1 Å². The molecular formula is C21H19N3O2S. The second-order valence-electron chi connectivity index (χ2n) is 7.23. The summed E-state index contributed by atoms with van der Waals surface area (Å²) in [7, 11) is -3.27. The summed E-state index contributed by atoms with van der Waals surface area (Å²) in [5, 5.41) is -0.345. The topological polar surface area (TPSA) is 63.2 Å². The Balaban J connectivity index is 1.49. The van der Waals surface area contributed by atoms with Crippen LogP contribution in [-0.2, 0) is 16.4 Å². The molecule has 1 saturated heterocycles. The van der Waals surface area contributed by atoms with E-state index in [0.29, 0.717) is 11.4 Å². The molecule has 6 heteroatoms. The van der Waals surface area contributed by atoms with Gasteiger partial charge in [0.05, 0.1) is 10.1 Å². The summed E-state index contributed by atoms with van der Waals surface area (Å²) in [6.07, 6.45) is 7.07. The number of aromatic nitrogens is 2. The first-order valence-electron chi connectivity index (χ1n) is 9.02. The van der Waals surface area contributed by atoms with E-state index in [1.807, 2.05) is 30.3 Å². The van der Waals surface area contributed by atoms with Crippen LogP contribution in [-0.4, -0.2) is 41.6 Å². The fourth-order valence-corrected chi connectivity index (χ4v) is 6.52. The summed E-state index contributed by atoms with van der Waals surface area (Å²) >= 11 is 0. The fraction of sp³-hybridized carbons (Fsp3) is 0.238. The predicted molar refractivity (Wildman–Crippen MR) is 103 cm³/mol. The van der Waals surface area contributed by atoms with Gasteiger partial charge in [-0.25, -0.2) is 8.42 Å². The normalized spacial score (nSPS) is 23.1. The van der Waals surface area contributed by atoms with Gasteiger partial charge >= 0.3 is 0 Å². The Kier molecular flexibility index (Phi) is 3.84. The summed E-state index contributed by atoms with van der Waals surface area (Å²) in [6, 6.07) is 13.6. The number of fused-ring (bicyclic) bond motifs is 3. The van der Waals surface area contributed by atoms with Crippen LogP contribution in [0.3, 0.4) is 0 Å². The van der Waals surface area contributed by atoms with Crippen molar-refractivity contribution in [2.24, 2.45) is 0 Å². The van der Waals surface area contributed by atoms with Gasteiger partial charge in [0.15, 0.2) is 9.84 Å². The van der Waals surface area contributed by atoms with Gasteiger partial charge in [-0.1, -0.05) is 6.07 Å². The van der Waals surface area contributed by atoms with Gasteiger partial charge in [-0.3, -0.25) is 14.9 Å². The van der Waals surface area contributed by atoms with Crippen molar-refractivity contribution in [2.45, 2.75) is 22.6 Å². The summed E-state index contributed by atoms with van der Waals surface area (Å²) in [4.78, 5) is 10.9. The third kappa shape index (κ3) is 2.76. The van der Waals surface area contributed by atoms with E-state index in [-0.39, 0.29) is 11.2 Å². The van der Waals surface area contributed by atoms with Gasteiger partial charge in [0.25, 0.3) is 0 Å². The zero-order valence-corrected chi connectivity index (χ0v) is 15.5. The molecule has 27 heavy (non-hydrogen) atoms. The van der Waals surface area contributed by atoms with E-state index in [1.165, 1.54) is 0 Å². The molecule has 5 rings (SSSR count). The molecule has 2 aliphatic heterocycles. The molecule has 3 aromatic rings. The van der Waals surface area contributed by atoms with Gasteiger partial charge in [-0.2, -0.15) is 0 Å². The molecule has 5 nitrogen and oxygen atoms in total. The van der Waals surface area contributed by atoms with Gasteiger partial charge < -0.3 is 0 Å². The lowest BCUT2D eigenvalue weighted by atomic mass is 9.95. The molecule has 1 aromatic carbocycles. The van der Waals surface area contributed by atoms with Gasteiger partial charge in [0.2, 0.25) is 0 Å². The van der Waals surface area contributed by atoms with E-state index in [2.05, 4.69) is 20.9 Å². The van der Waals surface area contributed by atoms with Crippen LogP contribution in [0.15, 0.2) is 72.1 Å². The predicted octanol–water partition coefficient (Wildman–Crippen LogP) is 2.90. The summed E-state index contributed by atoms with van der Waals surface area (Å²) in [6.45, 7) is 2.10. The monoisotopic (exact) mass is 377 g/mol. The average Bonchev–Trinajstić information content (AvgIpc) is 3.21. The molecule has 0 radical (unpaired) electrons. The summed E-state index contributed by atoms with van der Waals surface area (Å²) < 4.78 is 26.1. The maximum atomic E-state index is 13.1. The largest absolute Gasteiger partial charge is 0.297 e. The highest BCUT2D eigenvalue weighted by Gasteiger charge is 2.50. The molecule has 0 aliphatic carbocycles. The highest BCUT2D eigenvalue weighted by Crippen LogP contribution is 2.46. The highest BCUT2D eigenvalue weighted by atomic mass is 32.2. The quantitative estimate of drug-likeness (QED) is 0.702. The van der Waals surface area contributed by atoms with Crippen LogP contribution in [0.1, 0.15) is 17.0 Å². The van der Waals surface area contributed by atoms with Gasteiger partial charge in [0.1, 0.15) is 0 Å². The van der Waals surface area contributed by atoms with Crippen LogP contribution in [0.5, 0.6) is 0 Å². The van der Waals surface area contributed by atoms with Crippen LogP contribution < -0.4 is 0 Å². The van der Waals surface area contributed by atoms with Crippen molar-refractivity contribution >= 4 is 9.84 Å². The first-order chi connectivity index (χ1) is 13.1. The Morgan fingerprint density at radius 2 is 1.59 bits per heavy atom. The zero-order valence-electron chi connectivity index (χ0n) is 14.7. The fourth-order valence-electron chi connectivity index (χ4n) is 4.32. The third-order valence-electron chi connectivity index (χ3n) is 5.63. The molecule has 4 heterocycles. The van der Waals surface area contributed by atoms with E-state index in [4.69, 9.17) is 0 Å². The van der Waals surface area contributed by atoms with Crippen LogP contribution in [0.2, 0.25) is 0 Å². The molecule has 0 saturated carbocycles. The van der Waals surface area contributed by atoms with Crippen molar-refractivity contribution in [3.63, 3.8) is 0 Å². The first kappa shape index (κ1) is 16.6. The Morgan fingerprint density at radius 3 is 2.33 bits per heavy atom. The molecule has 2 aromatic heterocycles. The van der Waals surface area contributed by atoms with E-state index < -0.39 is 9.84 Å². The number of sulfone groups is 1. The Bertz CT molecular complexity index is 1080. The van der Waals surface area contributed by atoms with Crippen molar-refractivity contribution in [1.29, 1.82) is 0 Å². The zero-order chi connectivity index (χ0) is 18.4. The van der Waals surface area contributed by atoms with Crippen molar-refractivity contribution in [1.82, 2.24) is 14.9 Å². The Hall–Kier alpha value is -2.57. The highest BCUT2D eigenvalue weighted by molar-refractivity contribution is 7.92. The number of hydrogen-bond acceptors (Lipinski definition) is 5. The number of nitrogens with zero attached hydrogens (tertiary/aromatic N) is 3. The smallest absolute Gasteiger partial charge is 0.183 e. The first-order valence-corrected chi connectivity index (χ1v) is 10.6. The average molecular weight is 377 g/mol. The molecule has 1 fully saturated rings. The lowest BCUT2D eigenvalue weighted by Crippen LogP contribution is -2.25.